The van der Waals surface area contributed by atoms with Crippen molar-refractivity contribution in [2.24, 2.45) is 0 Å². The Morgan fingerprint density at radius 1 is 1.30 bits per heavy atom. The molecule has 2 unspecified atom stereocenters. The average Bonchev–Trinajstić information content (AvgIpc) is 2.76. The largest absolute Gasteiger partial charge is 0.387 e. The summed E-state index contributed by atoms with van der Waals surface area (Å²) in [5.41, 5.74) is 2.77. The van der Waals surface area contributed by atoms with E-state index in [1.807, 2.05) is 32.9 Å². The molecule has 0 fully saturated rings. The van der Waals surface area contributed by atoms with E-state index in [0.717, 1.165) is 22.6 Å². The quantitative estimate of drug-likeness (QED) is 0.888. The summed E-state index contributed by atoms with van der Waals surface area (Å²) in [6, 6.07) is 7.28. The van der Waals surface area contributed by atoms with E-state index in [0.29, 0.717) is 11.6 Å². The van der Waals surface area contributed by atoms with Gasteiger partial charge in [-0.05, 0) is 38.5 Å². The van der Waals surface area contributed by atoms with Crippen LogP contribution in [0.15, 0.2) is 28.8 Å². The molecule has 2 N–H and O–H groups in total. The van der Waals surface area contributed by atoms with Crippen molar-refractivity contribution in [3.63, 3.8) is 0 Å². The minimum absolute atomic E-state index is 0.0724. The molecule has 0 saturated carbocycles. The lowest BCUT2D eigenvalue weighted by Gasteiger charge is -2.17. The van der Waals surface area contributed by atoms with Gasteiger partial charge in [0.05, 0.1) is 11.8 Å². The number of benzene rings is 1. The van der Waals surface area contributed by atoms with Crippen LogP contribution in [-0.4, -0.2) is 16.8 Å². The monoisotopic (exact) mass is 294 g/mol. The SMILES string of the molecule is Cc1noc(C)c1C(C)NCC(O)c1ccc(Cl)cc1. The standard InChI is InChI=1S/C15H19ClN2O2/c1-9(15-10(2)18-20-11(15)3)17-8-14(19)12-4-6-13(16)7-5-12/h4-7,9,14,17,19H,8H2,1-3H3. The Morgan fingerprint density at radius 3 is 2.50 bits per heavy atom. The van der Waals surface area contributed by atoms with Gasteiger partial charge < -0.3 is 14.9 Å². The van der Waals surface area contributed by atoms with Gasteiger partial charge in [0.25, 0.3) is 0 Å². The van der Waals surface area contributed by atoms with Crippen LogP contribution in [0.25, 0.3) is 0 Å². The summed E-state index contributed by atoms with van der Waals surface area (Å²) in [6.07, 6.45) is -0.574. The highest BCUT2D eigenvalue weighted by atomic mass is 35.5. The first-order chi connectivity index (χ1) is 9.49. The van der Waals surface area contributed by atoms with E-state index < -0.39 is 6.10 Å². The molecule has 0 aliphatic rings. The summed E-state index contributed by atoms with van der Waals surface area (Å²) in [7, 11) is 0. The highest BCUT2D eigenvalue weighted by Crippen LogP contribution is 2.22. The van der Waals surface area contributed by atoms with E-state index in [-0.39, 0.29) is 6.04 Å². The van der Waals surface area contributed by atoms with Crippen LogP contribution in [0.4, 0.5) is 0 Å². The fourth-order valence-corrected chi connectivity index (χ4v) is 2.43. The maximum Gasteiger partial charge on any atom is 0.138 e. The zero-order chi connectivity index (χ0) is 14.7. The number of hydrogen-bond donors (Lipinski definition) is 2. The molecule has 2 rings (SSSR count). The molecule has 0 bridgehead atoms. The molecular weight excluding hydrogens is 276 g/mol. The molecule has 2 aromatic rings. The first-order valence-electron chi connectivity index (χ1n) is 6.58. The molecule has 0 aliphatic carbocycles. The van der Waals surface area contributed by atoms with Crippen LogP contribution in [0.5, 0.6) is 0 Å². The van der Waals surface area contributed by atoms with Gasteiger partial charge in [-0.15, -0.1) is 0 Å². The molecule has 4 nitrogen and oxygen atoms in total. The third-order valence-corrected chi connectivity index (χ3v) is 3.65. The van der Waals surface area contributed by atoms with Crippen molar-refractivity contribution < 1.29 is 9.63 Å². The molecule has 108 valence electrons. The van der Waals surface area contributed by atoms with Crippen molar-refractivity contribution in [2.45, 2.75) is 32.9 Å². The van der Waals surface area contributed by atoms with Crippen LogP contribution in [0, 0.1) is 13.8 Å². The molecule has 1 aromatic heterocycles. The van der Waals surface area contributed by atoms with Gasteiger partial charge in [-0.3, -0.25) is 0 Å². The van der Waals surface area contributed by atoms with Crippen LogP contribution in [-0.2, 0) is 0 Å². The fraction of sp³-hybridized carbons (Fsp3) is 0.400. The van der Waals surface area contributed by atoms with Crippen molar-refractivity contribution in [3.05, 3.63) is 51.9 Å². The van der Waals surface area contributed by atoms with Gasteiger partial charge in [-0.25, -0.2) is 0 Å². The van der Waals surface area contributed by atoms with E-state index in [9.17, 15) is 5.11 Å². The molecule has 0 saturated heterocycles. The molecule has 1 aromatic carbocycles. The van der Waals surface area contributed by atoms with Gasteiger partial charge in [-0.1, -0.05) is 28.9 Å². The summed E-state index contributed by atoms with van der Waals surface area (Å²) < 4.78 is 5.15. The van der Waals surface area contributed by atoms with Gasteiger partial charge in [0, 0.05) is 23.2 Å². The Bertz CT molecular complexity index is 546. The van der Waals surface area contributed by atoms with Gasteiger partial charge in [0.15, 0.2) is 0 Å². The number of rotatable bonds is 5. The molecule has 0 amide bonds. The van der Waals surface area contributed by atoms with Crippen molar-refractivity contribution in [3.8, 4) is 0 Å². The van der Waals surface area contributed by atoms with E-state index in [1.165, 1.54) is 0 Å². The second kappa shape index (κ2) is 6.39. The molecule has 2 atom stereocenters. The van der Waals surface area contributed by atoms with E-state index in [4.69, 9.17) is 16.1 Å². The third kappa shape index (κ3) is 3.39. The van der Waals surface area contributed by atoms with Gasteiger partial charge in [0.1, 0.15) is 5.76 Å². The minimum atomic E-state index is -0.574. The topological polar surface area (TPSA) is 58.3 Å². The predicted molar refractivity (Wildman–Crippen MR) is 78.8 cm³/mol. The first kappa shape index (κ1) is 15.0. The lowest BCUT2D eigenvalue weighted by molar-refractivity contribution is 0.170. The second-order valence-corrected chi connectivity index (χ2v) is 5.37. The van der Waals surface area contributed by atoms with Crippen molar-refractivity contribution >= 4 is 11.6 Å². The lowest BCUT2D eigenvalue weighted by atomic mass is 10.1. The second-order valence-electron chi connectivity index (χ2n) is 4.94. The van der Waals surface area contributed by atoms with Gasteiger partial charge in [-0.2, -0.15) is 0 Å². The average molecular weight is 295 g/mol. The number of halogens is 1. The van der Waals surface area contributed by atoms with E-state index >= 15 is 0 Å². The van der Waals surface area contributed by atoms with E-state index in [1.54, 1.807) is 12.1 Å². The van der Waals surface area contributed by atoms with E-state index in [2.05, 4.69) is 10.5 Å². The lowest BCUT2D eigenvalue weighted by Crippen LogP contribution is -2.25. The summed E-state index contributed by atoms with van der Waals surface area (Å²) in [5, 5.41) is 18.1. The summed E-state index contributed by atoms with van der Waals surface area (Å²) >= 11 is 5.83. The molecule has 0 spiro atoms. The van der Waals surface area contributed by atoms with Crippen LogP contribution < -0.4 is 5.32 Å². The summed E-state index contributed by atoms with van der Waals surface area (Å²) in [5.74, 6) is 0.809. The molecule has 0 radical (unpaired) electrons. The van der Waals surface area contributed by atoms with Crippen molar-refractivity contribution in [2.75, 3.05) is 6.54 Å². The normalized spacial score (nSPS) is 14.2. The maximum atomic E-state index is 10.2. The fourth-order valence-electron chi connectivity index (χ4n) is 2.30. The summed E-state index contributed by atoms with van der Waals surface area (Å²) in [6.45, 7) is 6.29. The number of aryl methyl sites for hydroxylation is 2. The number of nitrogens with one attached hydrogen (secondary N) is 1. The Hall–Kier alpha value is -1.36. The number of aliphatic hydroxyl groups is 1. The predicted octanol–water partition coefficient (Wildman–Crippen LogP) is 3.33. The van der Waals surface area contributed by atoms with Crippen molar-refractivity contribution in [1.82, 2.24) is 10.5 Å². The number of aliphatic hydroxyl groups excluding tert-OH is 1. The van der Waals surface area contributed by atoms with Crippen LogP contribution in [0.2, 0.25) is 5.02 Å². The highest BCUT2D eigenvalue weighted by molar-refractivity contribution is 6.30. The molecule has 0 aliphatic heterocycles. The van der Waals surface area contributed by atoms with Gasteiger partial charge >= 0.3 is 0 Å². The zero-order valence-electron chi connectivity index (χ0n) is 11.9. The summed E-state index contributed by atoms with van der Waals surface area (Å²) in [4.78, 5) is 0. The minimum Gasteiger partial charge on any atom is -0.387 e. The zero-order valence-corrected chi connectivity index (χ0v) is 12.6. The number of aromatic nitrogens is 1. The first-order valence-corrected chi connectivity index (χ1v) is 6.96. The van der Waals surface area contributed by atoms with Crippen LogP contribution >= 0.6 is 11.6 Å². The molecular formula is C15H19ClN2O2. The van der Waals surface area contributed by atoms with Crippen LogP contribution in [0.1, 0.15) is 41.7 Å². The third-order valence-electron chi connectivity index (χ3n) is 3.39. The molecule has 5 heteroatoms. The molecule has 20 heavy (non-hydrogen) atoms. The smallest absolute Gasteiger partial charge is 0.138 e. The number of hydrogen-bond acceptors (Lipinski definition) is 4. The highest BCUT2D eigenvalue weighted by Gasteiger charge is 2.17. The Kier molecular flexibility index (Phi) is 4.81. The van der Waals surface area contributed by atoms with Crippen LogP contribution in [0.3, 0.4) is 0 Å². The Morgan fingerprint density at radius 2 is 1.95 bits per heavy atom. The van der Waals surface area contributed by atoms with Gasteiger partial charge in [0.2, 0.25) is 0 Å². The Labute approximate surface area is 123 Å². The van der Waals surface area contributed by atoms with Crippen molar-refractivity contribution in [1.29, 1.82) is 0 Å². The Balaban J connectivity index is 1.96. The molecule has 1 heterocycles. The maximum absolute atomic E-state index is 10.2. The number of nitrogens with zero attached hydrogens (tertiary/aromatic N) is 1.